The van der Waals surface area contributed by atoms with E-state index in [-0.39, 0.29) is 11.5 Å². The van der Waals surface area contributed by atoms with E-state index in [1.165, 1.54) is 18.6 Å². The molecule has 0 aliphatic carbocycles. The van der Waals surface area contributed by atoms with Crippen LogP contribution in [0.25, 0.3) is 0 Å². The van der Waals surface area contributed by atoms with E-state index in [4.69, 9.17) is 18.0 Å². The van der Waals surface area contributed by atoms with Crippen molar-refractivity contribution >= 4 is 32.9 Å². The fourth-order valence-electron chi connectivity index (χ4n) is 0.981. The van der Waals surface area contributed by atoms with Crippen molar-refractivity contribution < 1.29 is 8.42 Å². The van der Waals surface area contributed by atoms with Crippen LogP contribution >= 0.6 is 12.2 Å². The summed E-state index contributed by atoms with van der Waals surface area (Å²) < 4.78 is 22.1. The normalized spacial score (nSPS) is 12.2. The zero-order chi connectivity index (χ0) is 14.0. The van der Waals surface area contributed by atoms with Gasteiger partial charge < -0.3 is 11.1 Å². The molecule has 0 aliphatic rings. The highest BCUT2D eigenvalue weighted by Crippen LogP contribution is 2.15. The van der Waals surface area contributed by atoms with Crippen molar-refractivity contribution in [3.8, 4) is 0 Å². The maximum absolute atomic E-state index is 11.5. The topological polar surface area (TPSA) is 98.0 Å². The Hall–Kier alpha value is -1.28. The van der Waals surface area contributed by atoms with Gasteiger partial charge in [-0.05, 0) is 13.8 Å². The van der Waals surface area contributed by atoms with Crippen molar-refractivity contribution in [2.45, 2.75) is 18.6 Å². The van der Waals surface area contributed by atoms with Gasteiger partial charge in [-0.1, -0.05) is 12.2 Å². The molecule has 1 aromatic heterocycles. The van der Waals surface area contributed by atoms with Crippen LogP contribution < -0.4 is 11.1 Å². The van der Waals surface area contributed by atoms with Gasteiger partial charge in [0.2, 0.25) is 0 Å². The number of nitrogens with zero attached hydrogens (tertiary/aromatic N) is 2. The minimum Gasteiger partial charge on any atom is -0.388 e. The lowest BCUT2D eigenvalue weighted by Crippen LogP contribution is -2.38. The fraction of sp³-hybridized carbons (Fsp3) is 0.500. The Kier molecular flexibility index (Phi) is 4.23. The maximum Gasteiger partial charge on any atom is 0.154 e. The number of hydrogen-bond donors (Lipinski definition) is 2. The van der Waals surface area contributed by atoms with Crippen molar-refractivity contribution in [2.24, 2.45) is 5.73 Å². The first-order chi connectivity index (χ1) is 8.13. The second-order valence-corrected chi connectivity index (χ2v) is 7.63. The van der Waals surface area contributed by atoms with Crippen LogP contribution in [0.5, 0.6) is 0 Å². The molecule has 1 heterocycles. The summed E-state index contributed by atoms with van der Waals surface area (Å²) in [5.41, 5.74) is 5.82. The summed E-state index contributed by atoms with van der Waals surface area (Å²) in [6.45, 7) is 3.53. The summed E-state index contributed by atoms with van der Waals surface area (Å²) in [4.78, 5) is 8.22. The number of rotatable bonds is 5. The van der Waals surface area contributed by atoms with Crippen LogP contribution in [0, 0.1) is 0 Å². The van der Waals surface area contributed by atoms with Crippen molar-refractivity contribution in [2.75, 3.05) is 18.1 Å². The van der Waals surface area contributed by atoms with Gasteiger partial charge in [0.15, 0.2) is 9.84 Å². The largest absolute Gasteiger partial charge is 0.388 e. The summed E-state index contributed by atoms with van der Waals surface area (Å²) in [5, 5.41) is 2.92. The first-order valence-electron chi connectivity index (χ1n) is 5.19. The molecule has 1 rings (SSSR count). The minimum absolute atomic E-state index is 0.172. The van der Waals surface area contributed by atoms with Gasteiger partial charge >= 0.3 is 0 Å². The van der Waals surface area contributed by atoms with Gasteiger partial charge in [0.1, 0.15) is 16.5 Å². The summed E-state index contributed by atoms with van der Waals surface area (Å²) in [6.07, 6.45) is 4.11. The highest BCUT2D eigenvalue weighted by Gasteiger charge is 2.29. The highest BCUT2D eigenvalue weighted by atomic mass is 32.2. The van der Waals surface area contributed by atoms with E-state index in [2.05, 4.69) is 15.3 Å². The van der Waals surface area contributed by atoms with Gasteiger partial charge in [0.05, 0.1) is 17.1 Å². The van der Waals surface area contributed by atoms with E-state index >= 15 is 0 Å². The van der Waals surface area contributed by atoms with Crippen LogP contribution in [0.4, 0.5) is 5.82 Å². The average Bonchev–Trinajstić information content (AvgIpc) is 2.25. The van der Waals surface area contributed by atoms with Crippen molar-refractivity contribution in [3.63, 3.8) is 0 Å². The molecule has 0 aromatic carbocycles. The predicted molar refractivity (Wildman–Crippen MR) is 75.3 cm³/mol. The van der Waals surface area contributed by atoms with Crippen molar-refractivity contribution in [1.29, 1.82) is 0 Å². The van der Waals surface area contributed by atoms with Crippen molar-refractivity contribution in [1.82, 2.24) is 9.97 Å². The Bertz CT molecular complexity index is 538. The second kappa shape index (κ2) is 5.15. The summed E-state index contributed by atoms with van der Waals surface area (Å²) in [7, 11) is -3.15. The van der Waals surface area contributed by atoms with E-state index in [1.807, 2.05) is 0 Å². The predicted octanol–water partition coefficient (Wildman–Crippen LogP) is 0.346. The van der Waals surface area contributed by atoms with Crippen molar-refractivity contribution in [3.05, 3.63) is 18.1 Å². The lowest BCUT2D eigenvalue weighted by molar-refractivity contribution is 0.559. The van der Waals surface area contributed by atoms with E-state index in [0.717, 1.165) is 0 Å². The monoisotopic (exact) mass is 288 g/mol. The van der Waals surface area contributed by atoms with Crippen LogP contribution in [-0.2, 0) is 9.84 Å². The van der Waals surface area contributed by atoms with Gasteiger partial charge in [0, 0.05) is 12.8 Å². The molecule has 0 fully saturated rings. The molecule has 8 heteroatoms. The highest BCUT2D eigenvalue weighted by molar-refractivity contribution is 7.92. The number of nitrogens with two attached hydrogens (primary N) is 1. The van der Waals surface area contributed by atoms with E-state index in [1.54, 1.807) is 13.8 Å². The zero-order valence-corrected chi connectivity index (χ0v) is 12.1. The van der Waals surface area contributed by atoms with Gasteiger partial charge in [-0.2, -0.15) is 0 Å². The Morgan fingerprint density at radius 2 is 2.06 bits per heavy atom. The molecule has 6 nitrogen and oxygen atoms in total. The van der Waals surface area contributed by atoms with Crippen LogP contribution in [0.3, 0.4) is 0 Å². The van der Waals surface area contributed by atoms with Gasteiger partial charge in [0.25, 0.3) is 0 Å². The summed E-state index contributed by atoms with van der Waals surface area (Å²) in [5.74, 6) is 0.478. The van der Waals surface area contributed by atoms with E-state index in [9.17, 15) is 8.42 Å². The molecular weight excluding hydrogens is 272 g/mol. The third-order valence-electron chi connectivity index (χ3n) is 2.60. The Morgan fingerprint density at radius 1 is 1.44 bits per heavy atom. The molecule has 18 heavy (non-hydrogen) atoms. The van der Waals surface area contributed by atoms with Gasteiger partial charge in [-0.25, -0.2) is 18.4 Å². The Balaban J connectivity index is 2.73. The molecular formula is C10H16N4O2S2. The van der Waals surface area contributed by atoms with Crippen LogP contribution in [0.2, 0.25) is 0 Å². The van der Waals surface area contributed by atoms with Crippen LogP contribution in [-0.4, -0.2) is 40.9 Å². The molecule has 0 spiro atoms. The second-order valence-electron chi connectivity index (χ2n) is 4.54. The van der Waals surface area contributed by atoms with Gasteiger partial charge in [-0.3, -0.25) is 0 Å². The molecule has 0 amide bonds. The number of nitrogens with one attached hydrogen (secondary N) is 1. The molecule has 0 aliphatic heterocycles. The lowest BCUT2D eigenvalue weighted by Gasteiger charge is -2.22. The molecule has 100 valence electrons. The Morgan fingerprint density at radius 3 is 2.44 bits per heavy atom. The molecule has 0 saturated carbocycles. The Labute approximate surface area is 112 Å². The number of aromatic nitrogens is 2. The minimum atomic E-state index is -3.15. The first-order valence-corrected chi connectivity index (χ1v) is 7.49. The zero-order valence-electron chi connectivity index (χ0n) is 10.5. The van der Waals surface area contributed by atoms with E-state index < -0.39 is 14.6 Å². The first kappa shape index (κ1) is 14.8. The SMILES string of the molecule is CC(C)(CNc1cnc(C(N)=S)cn1)S(C)(=O)=O. The third kappa shape index (κ3) is 3.61. The van der Waals surface area contributed by atoms with Crippen LogP contribution in [0.15, 0.2) is 12.4 Å². The summed E-state index contributed by atoms with van der Waals surface area (Å²) in [6, 6.07) is 0. The smallest absolute Gasteiger partial charge is 0.154 e. The molecule has 3 N–H and O–H groups in total. The molecule has 0 saturated heterocycles. The molecule has 0 unspecified atom stereocenters. The molecule has 0 atom stereocenters. The molecule has 0 bridgehead atoms. The quantitative estimate of drug-likeness (QED) is 0.754. The number of hydrogen-bond acceptors (Lipinski definition) is 6. The lowest BCUT2D eigenvalue weighted by atomic mass is 10.2. The van der Waals surface area contributed by atoms with Crippen LogP contribution in [0.1, 0.15) is 19.5 Å². The maximum atomic E-state index is 11.5. The van der Waals surface area contributed by atoms with Gasteiger partial charge in [-0.15, -0.1) is 0 Å². The molecule has 0 radical (unpaired) electrons. The molecule has 1 aromatic rings. The number of anilines is 1. The number of thiocarbonyl (C=S) groups is 1. The standard InChI is InChI=1S/C10H16N4O2S2/c1-10(2,18(3,15)16)6-14-8-5-12-7(4-13-8)9(11)17/h4-5H,6H2,1-3H3,(H2,11,17)(H,13,14). The van der Waals surface area contributed by atoms with E-state index in [0.29, 0.717) is 11.5 Å². The third-order valence-corrected chi connectivity index (χ3v) is 4.96. The fourth-order valence-corrected chi connectivity index (χ4v) is 1.42. The summed E-state index contributed by atoms with van der Waals surface area (Å²) >= 11 is 4.75. The number of sulfone groups is 1. The average molecular weight is 288 g/mol.